The van der Waals surface area contributed by atoms with E-state index in [1.807, 2.05) is 12.4 Å². The van der Waals surface area contributed by atoms with Crippen molar-refractivity contribution in [3.8, 4) is 16.8 Å². The van der Waals surface area contributed by atoms with E-state index in [2.05, 4.69) is 141 Å². The number of furan rings is 1. The molecular weight excluding hydrogens is 526 g/mol. The number of pyridine rings is 1. The Morgan fingerprint density at radius 1 is 0.465 bits per heavy atom. The number of para-hydroxylation sites is 2. The summed E-state index contributed by atoms with van der Waals surface area (Å²) in [5.41, 5.74) is 9.79. The molecule has 200 valence electrons. The summed E-state index contributed by atoms with van der Waals surface area (Å²) in [5, 5.41) is 8.33. The predicted octanol–water partition coefficient (Wildman–Crippen LogP) is 10.3. The predicted molar refractivity (Wildman–Crippen MR) is 177 cm³/mol. The molecule has 0 saturated carbocycles. The molecule has 0 aliphatic rings. The van der Waals surface area contributed by atoms with Crippen molar-refractivity contribution in [1.82, 2.24) is 14.0 Å². The average molecular weight is 550 g/mol. The van der Waals surface area contributed by atoms with Crippen LogP contribution in [0.5, 0.6) is 0 Å². The van der Waals surface area contributed by atoms with Gasteiger partial charge in [0, 0.05) is 50.4 Å². The number of rotatable bonds is 2. The summed E-state index contributed by atoms with van der Waals surface area (Å²) in [6.45, 7) is 0. The van der Waals surface area contributed by atoms with Crippen molar-refractivity contribution in [1.29, 1.82) is 0 Å². The molecule has 0 aliphatic carbocycles. The molecule has 0 spiro atoms. The molecule has 0 N–H and O–H groups in total. The van der Waals surface area contributed by atoms with Crippen LogP contribution in [0.2, 0.25) is 0 Å². The summed E-state index contributed by atoms with van der Waals surface area (Å²) in [4.78, 5) is 4.64. The van der Waals surface area contributed by atoms with Gasteiger partial charge in [0.05, 0.1) is 16.6 Å². The highest BCUT2D eigenvalue weighted by Gasteiger charge is 2.15. The molecule has 0 radical (unpaired) electrons. The standard InChI is InChI=1S/C39H23N3O/c1-2-10-30-27(7-1)31-21-24(13-16-34(31)41-20-19-40-39(30)41)25-14-17-37-32(22-25)33-23-26(15-18-38(33)43-37)42-35-11-5-3-8-28(35)29-9-4-6-12-36(29)42/h1-23H. The molecule has 10 rings (SSSR count). The van der Waals surface area contributed by atoms with Gasteiger partial charge in [-0.05, 0) is 71.1 Å². The Balaban J connectivity index is 1.19. The van der Waals surface area contributed by atoms with Crippen molar-refractivity contribution in [2.75, 3.05) is 0 Å². The fraction of sp³-hybridized carbons (Fsp3) is 0. The van der Waals surface area contributed by atoms with Gasteiger partial charge in [0.1, 0.15) is 16.8 Å². The summed E-state index contributed by atoms with van der Waals surface area (Å²) >= 11 is 0. The Bertz CT molecular complexity index is 2690. The van der Waals surface area contributed by atoms with E-state index in [-0.39, 0.29) is 0 Å². The molecule has 4 heterocycles. The van der Waals surface area contributed by atoms with Gasteiger partial charge in [-0.25, -0.2) is 4.98 Å². The molecule has 0 saturated heterocycles. The van der Waals surface area contributed by atoms with Gasteiger partial charge >= 0.3 is 0 Å². The number of imidazole rings is 1. The molecule has 10 aromatic rings. The topological polar surface area (TPSA) is 35.4 Å². The third-order valence-electron chi connectivity index (χ3n) is 8.98. The van der Waals surface area contributed by atoms with Gasteiger partial charge in [0.2, 0.25) is 0 Å². The van der Waals surface area contributed by atoms with Gasteiger partial charge in [0.15, 0.2) is 0 Å². The lowest BCUT2D eigenvalue weighted by Gasteiger charge is -2.10. The lowest BCUT2D eigenvalue weighted by atomic mass is 9.98. The highest BCUT2D eigenvalue weighted by Crippen LogP contribution is 2.38. The van der Waals surface area contributed by atoms with Crippen molar-refractivity contribution in [2.24, 2.45) is 0 Å². The van der Waals surface area contributed by atoms with E-state index >= 15 is 0 Å². The van der Waals surface area contributed by atoms with Crippen molar-refractivity contribution in [3.05, 3.63) is 140 Å². The summed E-state index contributed by atoms with van der Waals surface area (Å²) in [6.07, 6.45) is 3.92. The first-order valence-corrected chi connectivity index (χ1v) is 14.5. The van der Waals surface area contributed by atoms with E-state index in [1.165, 1.54) is 38.1 Å². The van der Waals surface area contributed by atoms with Crippen LogP contribution in [-0.2, 0) is 0 Å². The molecular formula is C39H23N3O. The number of hydrogen-bond acceptors (Lipinski definition) is 2. The molecule has 6 aromatic carbocycles. The zero-order chi connectivity index (χ0) is 28.1. The minimum Gasteiger partial charge on any atom is -0.456 e. The first kappa shape index (κ1) is 22.8. The number of aromatic nitrogens is 3. The van der Waals surface area contributed by atoms with Gasteiger partial charge in [-0.3, -0.25) is 4.40 Å². The Morgan fingerprint density at radius 3 is 1.84 bits per heavy atom. The molecule has 4 heteroatoms. The van der Waals surface area contributed by atoms with Crippen LogP contribution in [0.4, 0.5) is 0 Å². The summed E-state index contributed by atoms with van der Waals surface area (Å²) in [6, 6.07) is 45.6. The molecule has 0 atom stereocenters. The molecule has 4 aromatic heterocycles. The molecule has 43 heavy (non-hydrogen) atoms. The van der Waals surface area contributed by atoms with Crippen LogP contribution >= 0.6 is 0 Å². The minimum absolute atomic E-state index is 0.892. The maximum atomic E-state index is 6.34. The summed E-state index contributed by atoms with van der Waals surface area (Å²) < 4.78 is 10.9. The minimum atomic E-state index is 0.892. The van der Waals surface area contributed by atoms with E-state index in [0.717, 1.165) is 49.7 Å². The van der Waals surface area contributed by atoms with Crippen LogP contribution in [0.3, 0.4) is 0 Å². The second-order valence-electron chi connectivity index (χ2n) is 11.3. The van der Waals surface area contributed by atoms with Gasteiger partial charge < -0.3 is 8.98 Å². The zero-order valence-corrected chi connectivity index (χ0v) is 23.0. The average Bonchev–Trinajstić information content (AvgIpc) is 3.79. The Hall–Kier alpha value is -5.87. The smallest absolute Gasteiger partial charge is 0.145 e. The van der Waals surface area contributed by atoms with Crippen LogP contribution in [0, 0.1) is 0 Å². The van der Waals surface area contributed by atoms with Gasteiger partial charge in [0.25, 0.3) is 0 Å². The summed E-state index contributed by atoms with van der Waals surface area (Å²) in [7, 11) is 0. The maximum Gasteiger partial charge on any atom is 0.145 e. The quantitative estimate of drug-likeness (QED) is 0.201. The number of fused-ring (bicyclic) bond motifs is 12. The van der Waals surface area contributed by atoms with Gasteiger partial charge in [-0.15, -0.1) is 0 Å². The molecule has 0 bridgehead atoms. The van der Waals surface area contributed by atoms with Crippen LogP contribution in [0.1, 0.15) is 0 Å². The fourth-order valence-electron chi connectivity index (χ4n) is 7.04. The number of hydrogen-bond donors (Lipinski definition) is 0. The molecule has 0 fully saturated rings. The van der Waals surface area contributed by atoms with Crippen molar-refractivity contribution >= 4 is 71.1 Å². The number of benzene rings is 6. The van der Waals surface area contributed by atoms with Crippen LogP contribution < -0.4 is 0 Å². The Morgan fingerprint density at radius 2 is 1.07 bits per heavy atom. The Labute approximate surface area is 245 Å². The highest BCUT2D eigenvalue weighted by atomic mass is 16.3. The fourth-order valence-corrected chi connectivity index (χ4v) is 7.04. The normalized spacial score (nSPS) is 12.2. The lowest BCUT2D eigenvalue weighted by Crippen LogP contribution is -1.93. The number of nitrogens with zero attached hydrogens (tertiary/aromatic N) is 3. The second-order valence-corrected chi connectivity index (χ2v) is 11.3. The maximum absolute atomic E-state index is 6.34. The molecule has 0 amide bonds. The van der Waals surface area contributed by atoms with E-state index in [4.69, 9.17) is 4.42 Å². The van der Waals surface area contributed by atoms with Gasteiger partial charge in [-0.2, -0.15) is 0 Å². The third kappa shape index (κ3) is 3.12. The third-order valence-corrected chi connectivity index (χ3v) is 8.98. The molecule has 0 aliphatic heterocycles. The van der Waals surface area contributed by atoms with E-state index < -0.39 is 0 Å². The monoisotopic (exact) mass is 549 g/mol. The SMILES string of the molecule is c1ccc2c(c1)c1cc(-c3ccc4oc5ccc(-n6c7ccccc7c7ccccc76)cc5c4c3)ccc1n1ccnc21. The van der Waals surface area contributed by atoms with E-state index in [0.29, 0.717) is 0 Å². The van der Waals surface area contributed by atoms with Gasteiger partial charge in [-0.1, -0.05) is 72.8 Å². The molecule has 0 unspecified atom stereocenters. The Kier molecular flexibility index (Phi) is 4.42. The molecule has 4 nitrogen and oxygen atoms in total. The first-order valence-electron chi connectivity index (χ1n) is 14.5. The van der Waals surface area contributed by atoms with Crippen LogP contribution in [0.25, 0.3) is 87.9 Å². The van der Waals surface area contributed by atoms with E-state index in [9.17, 15) is 0 Å². The van der Waals surface area contributed by atoms with Crippen molar-refractivity contribution in [3.63, 3.8) is 0 Å². The summed E-state index contributed by atoms with van der Waals surface area (Å²) in [5.74, 6) is 0. The van der Waals surface area contributed by atoms with E-state index in [1.54, 1.807) is 0 Å². The highest BCUT2D eigenvalue weighted by molar-refractivity contribution is 6.13. The van der Waals surface area contributed by atoms with Crippen molar-refractivity contribution in [2.45, 2.75) is 0 Å². The van der Waals surface area contributed by atoms with Crippen LogP contribution in [0.15, 0.2) is 144 Å². The lowest BCUT2D eigenvalue weighted by molar-refractivity contribution is 0.669. The second kappa shape index (κ2) is 8.34. The first-order chi connectivity index (χ1) is 21.3. The van der Waals surface area contributed by atoms with Crippen molar-refractivity contribution < 1.29 is 4.42 Å². The largest absolute Gasteiger partial charge is 0.456 e. The zero-order valence-electron chi connectivity index (χ0n) is 23.0. The van der Waals surface area contributed by atoms with Crippen LogP contribution in [-0.4, -0.2) is 14.0 Å².